The number of amides is 3. The fourth-order valence-corrected chi connectivity index (χ4v) is 4.25. The molecule has 3 rings (SSSR count). The van der Waals surface area contributed by atoms with Crippen LogP contribution in [0.25, 0.3) is 0 Å². The van der Waals surface area contributed by atoms with E-state index in [0.29, 0.717) is 36.9 Å². The molecule has 1 aliphatic heterocycles. The normalized spacial score (nSPS) is 17.2. The van der Waals surface area contributed by atoms with E-state index in [1.165, 1.54) is 0 Å². The topological polar surface area (TPSA) is 144 Å². The molecule has 10 nitrogen and oxygen atoms in total. The first-order valence-electron chi connectivity index (χ1n) is 12.6. The van der Waals surface area contributed by atoms with E-state index in [4.69, 9.17) is 15.2 Å². The van der Waals surface area contributed by atoms with Gasteiger partial charge in [0.25, 0.3) is 5.91 Å². The summed E-state index contributed by atoms with van der Waals surface area (Å²) in [5.74, 6) is -0.886. The fourth-order valence-electron chi connectivity index (χ4n) is 4.25. The SMILES string of the molecule is COc1ccc(CC2CC(NC(=O)CNC(=O)c3cc(C(F)(F)F)ccc3NC(=O)OC(C)(C)C)CN2)cc1N. The summed E-state index contributed by atoms with van der Waals surface area (Å²) in [6.45, 7) is 4.87. The van der Waals surface area contributed by atoms with Crippen molar-refractivity contribution in [3.05, 3.63) is 53.1 Å². The van der Waals surface area contributed by atoms with Gasteiger partial charge < -0.3 is 31.2 Å². The van der Waals surface area contributed by atoms with E-state index < -0.39 is 47.4 Å². The van der Waals surface area contributed by atoms with Gasteiger partial charge in [-0.05, 0) is 69.5 Å². The first kappa shape index (κ1) is 30.5. The predicted molar refractivity (Wildman–Crippen MR) is 143 cm³/mol. The van der Waals surface area contributed by atoms with Crippen molar-refractivity contribution in [1.29, 1.82) is 0 Å². The summed E-state index contributed by atoms with van der Waals surface area (Å²) in [4.78, 5) is 37.5. The molecule has 0 bridgehead atoms. The minimum absolute atomic E-state index is 0.0827. The van der Waals surface area contributed by atoms with Crippen molar-refractivity contribution < 1.29 is 37.0 Å². The molecule has 3 amide bonds. The van der Waals surface area contributed by atoms with Crippen molar-refractivity contribution >= 4 is 29.3 Å². The summed E-state index contributed by atoms with van der Waals surface area (Å²) in [5.41, 5.74) is 4.90. The molecule has 1 fully saturated rings. The Morgan fingerprint density at radius 3 is 2.45 bits per heavy atom. The number of carbonyl (C=O) groups is 3. The number of methoxy groups -OCH3 is 1. The van der Waals surface area contributed by atoms with Crippen molar-refractivity contribution in [2.75, 3.05) is 31.2 Å². The largest absolute Gasteiger partial charge is 0.495 e. The quantitative estimate of drug-likeness (QED) is 0.309. The van der Waals surface area contributed by atoms with Gasteiger partial charge in [0.1, 0.15) is 11.4 Å². The molecule has 0 spiro atoms. The molecule has 1 saturated heterocycles. The van der Waals surface area contributed by atoms with E-state index in [9.17, 15) is 27.6 Å². The van der Waals surface area contributed by atoms with Crippen LogP contribution >= 0.6 is 0 Å². The van der Waals surface area contributed by atoms with E-state index >= 15 is 0 Å². The van der Waals surface area contributed by atoms with Crippen LogP contribution in [0.4, 0.5) is 29.3 Å². The van der Waals surface area contributed by atoms with E-state index in [1.54, 1.807) is 33.9 Å². The number of benzene rings is 2. The number of nitrogen functional groups attached to an aromatic ring is 1. The smallest absolute Gasteiger partial charge is 0.416 e. The third-order valence-corrected chi connectivity index (χ3v) is 6.00. The maximum absolute atomic E-state index is 13.3. The molecule has 1 aliphatic rings. The zero-order valence-corrected chi connectivity index (χ0v) is 22.7. The van der Waals surface area contributed by atoms with Crippen LogP contribution in [0.5, 0.6) is 5.75 Å². The summed E-state index contributed by atoms with van der Waals surface area (Å²) in [7, 11) is 1.54. The second-order valence-corrected chi connectivity index (χ2v) is 10.5. The molecule has 0 saturated carbocycles. The molecule has 40 heavy (non-hydrogen) atoms. The third-order valence-electron chi connectivity index (χ3n) is 6.00. The number of alkyl halides is 3. The molecule has 0 aromatic heterocycles. The van der Waals surface area contributed by atoms with Gasteiger partial charge in [-0.2, -0.15) is 13.2 Å². The Hall–Kier alpha value is -4.00. The summed E-state index contributed by atoms with van der Waals surface area (Å²) in [5, 5.41) is 10.8. The molecule has 0 aliphatic carbocycles. The van der Waals surface area contributed by atoms with Crippen LogP contribution in [0.2, 0.25) is 0 Å². The zero-order chi connectivity index (χ0) is 29.7. The van der Waals surface area contributed by atoms with Crippen molar-refractivity contribution in [3.63, 3.8) is 0 Å². The summed E-state index contributed by atoms with van der Waals surface area (Å²) in [6, 6.07) is 7.72. The molecule has 2 unspecified atom stereocenters. The number of carbonyl (C=O) groups excluding carboxylic acids is 3. The van der Waals surface area contributed by atoms with Crippen LogP contribution in [0.15, 0.2) is 36.4 Å². The molecule has 1 heterocycles. The molecule has 218 valence electrons. The van der Waals surface area contributed by atoms with E-state index in [0.717, 1.165) is 17.7 Å². The van der Waals surface area contributed by atoms with Crippen LogP contribution in [-0.2, 0) is 22.1 Å². The molecule has 6 N–H and O–H groups in total. The highest BCUT2D eigenvalue weighted by Crippen LogP contribution is 2.32. The third kappa shape index (κ3) is 8.76. The standard InChI is InChI=1S/C27H34F3N5O5/c1-26(2,3)40-25(38)35-21-7-6-16(27(28,29)30)11-19(21)24(37)33-14-23(36)34-18-12-17(32-13-18)9-15-5-8-22(39-4)20(31)10-15/h5-8,10-11,17-18,32H,9,12-14,31H2,1-4H3,(H,33,37)(H,34,36)(H,35,38). The van der Waals surface area contributed by atoms with E-state index in [1.807, 2.05) is 12.1 Å². The summed E-state index contributed by atoms with van der Waals surface area (Å²) in [6.07, 6.45) is -4.36. The van der Waals surface area contributed by atoms with Crippen molar-refractivity contribution in [2.45, 2.75) is 57.5 Å². The van der Waals surface area contributed by atoms with E-state index in [-0.39, 0.29) is 17.8 Å². The van der Waals surface area contributed by atoms with Crippen LogP contribution in [0.1, 0.15) is 48.7 Å². The number of nitrogens with one attached hydrogen (secondary N) is 4. The second kappa shape index (κ2) is 12.5. The van der Waals surface area contributed by atoms with Gasteiger partial charge in [0.05, 0.1) is 36.2 Å². The number of hydrogen-bond acceptors (Lipinski definition) is 7. The maximum atomic E-state index is 13.3. The highest BCUT2D eigenvalue weighted by Gasteiger charge is 2.32. The van der Waals surface area contributed by atoms with Crippen LogP contribution in [-0.4, -0.2) is 55.8 Å². The molecule has 0 radical (unpaired) electrons. The van der Waals surface area contributed by atoms with Gasteiger partial charge in [-0.1, -0.05) is 6.07 Å². The first-order valence-corrected chi connectivity index (χ1v) is 12.6. The average Bonchev–Trinajstić information content (AvgIpc) is 3.27. The molecule has 2 aromatic rings. The number of nitrogens with two attached hydrogens (primary N) is 1. The Bertz CT molecular complexity index is 1250. The molecule has 2 atom stereocenters. The minimum atomic E-state index is -4.72. The van der Waals surface area contributed by atoms with Gasteiger partial charge in [-0.15, -0.1) is 0 Å². The van der Waals surface area contributed by atoms with E-state index in [2.05, 4.69) is 21.3 Å². The highest BCUT2D eigenvalue weighted by atomic mass is 19.4. The molecule has 2 aromatic carbocycles. The average molecular weight is 566 g/mol. The Labute approximate surface area is 230 Å². The van der Waals surface area contributed by atoms with Crippen molar-refractivity contribution in [3.8, 4) is 5.75 Å². The Kier molecular flexibility index (Phi) is 9.51. The summed E-state index contributed by atoms with van der Waals surface area (Å²) >= 11 is 0. The number of halogens is 3. The maximum Gasteiger partial charge on any atom is 0.416 e. The Morgan fingerprint density at radius 2 is 1.82 bits per heavy atom. The van der Waals surface area contributed by atoms with Gasteiger partial charge in [0, 0.05) is 18.6 Å². The van der Waals surface area contributed by atoms with Gasteiger partial charge in [-0.3, -0.25) is 14.9 Å². The van der Waals surface area contributed by atoms with Crippen LogP contribution < -0.4 is 31.7 Å². The van der Waals surface area contributed by atoms with Gasteiger partial charge in [0.15, 0.2) is 0 Å². The van der Waals surface area contributed by atoms with Gasteiger partial charge in [-0.25, -0.2) is 4.79 Å². The lowest BCUT2D eigenvalue weighted by Crippen LogP contribution is -2.43. The van der Waals surface area contributed by atoms with Crippen LogP contribution in [0, 0.1) is 0 Å². The number of ether oxygens (including phenoxy) is 2. The second-order valence-electron chi connectivity index (χ2n) is 10.5. The lowest BCUT2D eigenvalue weighted by molar-refractivity contribution is -0.137. The molecular formula is C27H34F3N5O5. The Morgan fingerprint density at radius 1 is 1.10 bits per heavy atom. The minimum Gasteiger partial charge on any atom is -0.495 e. The zero-order valence-electron chi connectivity index (χ0n) is 22.7. The number of rotatable bonds is 8. The predicted octanol–water partition coefficient (Wildman–Crippen LogP) is 3.46. The number of anilines is 2. The highest BCUT2D eigenvalue weighted by molar-refractivity contribution is 6.04. The fraction of sp³-hybridized carbons (Fsp3) is 0.444. The first-order chi connectivity index (χ1) is 18.6. The molecule has 13 heteroatoms. The number of hydrogen-bond donors (Lipinski definition) is 5. The lowest BCUT2D eigenvalue weighted by atomic mass is 10.0. The lowest BCUT2D eigenvalue weighted by Gasteiger charge is -2.21. The van der Waals surface area contributed by atoms with Crippen LogP contribution in [0.3, 0.4) is 0 Å². The van der Waals surface area contributed by atoms with Crippen molar-refractivity contribution in [2.24, 2.45) is 0 Å². The molecular weight excluding hydrogens is 531 g/mol. The van der Waals surface area contributed by atoms with Gasteiger partial charge >= 0.3 is 12.3 Å². The van der Waals surface area contributed by atoms with Crippen molar-refractivity contribution in [1.82, 2.24) is 16.0 Å². The summed E-state index contributed by atoms with van der Waals surface area (Å²) < 4.78 is 50.2. The Balaban J connectivity index is 1.57. The monoisotopic (exact) mass is 565 g/mol. The van der Waals surface area contributed by atoms with Gasteiger partial charge in [0.2, 0.25) is 5.91 Å².